The number of aromatic hydroxyl groups is 1. The minimum absolute atomic E-state index is 0.0185. The molecule has 0 bridgehead atoms. The van der Waals surface area contributed by atoms with Gasteiger partial charge >= 0.3 is 6.18 Å². The maximum absolute atomic E-state index is 13.0. The molecule has 4 rings (SSSR count). The van der Waals surface area contributed by atoms with Crippen molar-refractivity contribution in [2.24, 2.45) is 5.92 Å². The molecule has 8 nitrogen and oxygen atoms in total. The Morgan fingerprint density at radius 2 is 2.00 bits per heavy atom. The Labute approximate surface area is 174 Å². The number of fused-ring (bicyclic) bond motifs is 1. The second-order valence-corrected chi connectivity index (χ2v) is 7.98. The van der Waals surface area contributed by atoms with Crippen molar-refractivity contribution in [1.82, 2.24) is 24.5 Å². The quantitative estimate of drug-likeness (QED) is 0.642. The third-order valence-electron chi connectivity index (χ3n) is 4.94. The van der Waals surface area contributed by atoms with Gasteiger partial charge in [-0.3, -0.25) is 19.1 Å². The summed E-state index contributed by atoms with van der Waals surface area (Å²) in [7, 11) is 0. The van der Waals surface area contributed by atoms with Crippen molar-refractivity contribution in [3.8, 4) is 17.0 Å². The lowest BCUT2D eigenvalue weighted by atomic mass is 10.1. The van der Waals surface area contributed by atoms with Gasteiger partial charge in [-0.15, -0.1) is 0 Å². The molecule has 0 saturated heterocycles. The number of nitrogens with one attached hydrogen (secondary N) is 1. The van der Waals surface area contributed by atoms with E-state index in [-0.39, 0.29) is 29.7 Å². The summed E-state index contributed by atoms with van der Waals surface area (Å²) < 4.78 is 40.9. The molecule has 3 aromatic heterocycles. The van der Waals surface area contributed by atoms with Crippen LogP contribution in [0.1, 0.15) is 42.7 Å². The van der Waals surface area contributed by atoms with Gasteiger partial charge in [0.05, 0.1) is 6.20 Å². The van der Waals surface area contributed by atoms with E-state index in [2.05, 4.69) is 15.4 Å². The molecule has 31 heavy (non-hydrogen) atoms. The van der Waals surface area contributed by atoms with Crippen LogP contribution in [0.15, 0.2) is 29.3 Å². The van der Waals surface area contributed by atoms with E-state index in [0.717, 1.165) is 29.6 Å². The molecule has 1 saturated carbocycles. The van der Waals surface area contributed by atoms with Crippen molar-refractivity contribution in [2.45, 2.75) is 45.5 Å². The summed E-state index contributed by atoms with van der Waals surface area (Å²) >= 11 is 0. The largest absolute Gasteiger partial charge is 0.494 e. The van der Waals surface area contributed by atoms with Crippen LogP contribution in [0.25, 0.3) is 16.8 Å². The Kier molecular flexibility index (Phi) is 4.98. The van der Waals surface area contributed by atoms with Gasteiger partial charge < -0.3 is 10.4 Å². The highest BCUT2D eigenvalue weighted by molar-refractivity contribution is 5.97. The minimum Gasteiger partial charge on any atom is -0.494 e. The average molecular weight is 435 g/mol. The Hall–Kier alpha value is -3.37. The van der Waals surface area contributed by atoms with E-state index in [9.17, 15) is 27.9 Å². The lowest BCUT2D eigenvalue weighted by Crippen LogP contribution is -2.34. The SMILES string of the molecule is CC(C)Cn1c(O)c(C(=O)NC2CC2)c(=O)n2ncc(-c3ccc(C(F)(F)F)nc3)c12. The first-order valence-electron chi connectivity index (χ1n) is 9.76. The summed E-state index contributed by atoms with van der Waals surface area (Å²) in [6.07, 6.45) is -0.625. The predicted molar refractivity (Wildman–Crippen MR) is 105 cm³/mol. The lowest BCUT2D eigenvalue weighted by Gasteiger charge is -2.17. The van der Waals surface area contributed by atoms with Gasteiger partial charge in [0.25, 0.3) is 11.5 Å². The number of aromatic nitrogens is 4. The standard InChI is InChI=1S/C20H20F3N5O3/c1-10(2)9-27-17-13(11-3-6-14(24-7-11)20(21,22)23)8-25-28(17)19(31)15(18(27)30)16(29)26-12-4-5-12/h3,6-8,10,12,30H,4-5,9H2,1-2H3,(H,26,29). The van der Waals surface area contributed by atoms with E-state index in [4.69, 9.17) is 0 Å². The molecule has 1 aliphatic carbocycles. The number of rotatable bonds is 5. The topological polar surface area (TPSA) is 102 Å². The van der Waals surface area contributed by atoms with Crippen LogP contribution in [0, 0.1) is 5.92 Å². The van der Waals surface area contributed by atoms with Gasteiger partial charge in [0.1, 0.15) is 5.69 Å². The van der Waals surface area contributed by atoms with Gasteiger partial charge in [0, 0.05) is 29.9 Å². The first kappa shape index (κ1) is 20.9. The monoisotopic (exact) mass is 435 g/mol. The molecule has 2 N–H and O–H groups in total. The van der Waals surface area contributed by atoms with Crippen molar-refractivity contribution in [3.63, 3.8) is 0 Å². The molecular formula is C20H20F3N5O3. The van der Waals surface area contributed by atoms with Crippen LogP contribution in [0.5, 0.6) is 5.88 Å². The number of nitrogens with zero attached hydrogens (tertiary/aromatic N) is 4. The summed E-state index contributed by atoms with van der Waals surface area (Å²) in [6.45, 7) is 4.01. The van der Waals surface area contributed by atoms with Crippen LogP contribution >= 0.6 is 0 Å². The molecule has 11 heteroatoms. The van der Waals surface area contributed by atoms with Crippen LogP contribution in [0.2, 0.25) is 0 Å². The maximum Gasteiger partial charge on any atom is 0.433 e. The van der Waals surface area contributed by atoms with E-state index in [1.807, 2.05) is 13.8 Å². The van der Waals surface area contributed by atoms with E-state index < -0.39 is 34.8 Å². The van der Waals surface area contributed by atoms with Gasteiger partial charge in [-0.1, -0.05) is 19.9 Å². The number of hydrogen-bond acceptors (Lipinski definition) is 5. The predicted octanol–water partition coefficient (Wildman–Crippen LogP) is 2.83. The lowest BCUT2D eigenvalue weighted by molar-refractivity contribution is -0.141. The van der Waals surface area contributed by atoms with Crippen molar-refractivity contribution >= 4 is 11.6 Å². The summed E-state index contributed by atoms with van der Waals surface area (Å²) in [4.78, 5) is 29.0. The van der Waals surface area contributed by atoms with Gasteiger partial charge in [0.2, 0.25) is 5.88 Å². The fourth-order valence-corrected chi connectivity index (χ4v) is 3.33. The summed E-state index contributed by atoms with van der Waals surface area (Å²) in [5, 5.41) is 17.6. The second-order valence-electron chi connectivity index (χ2n) is 7.98. The molecule has 3 aromatic rings. The molecule has 0 aromatic carbocycles. The van der Waals surface area contributed by atoms with Gasteiger partial charge in [-0.2, -0.15) is 22.8 Å². The van der Waals surface area contributed by atoms with Gasteiger partial charge in [0.15, 0.2) is 11.2 Å². The molecule has 3 heterocycles. The van der Waals surface area contributed by atoms with E-state index in [1.165, 1.54) is 16.8 Å². The van der Waals surface area contributed by atoms with Crippen LogP contribution in [-0.2, 0) is 12.7 Å². The zero-order valence-electron chi connectivity index (χ0n) is 16.8. The number of carbonyl (C=O) groups excluding carboxylic acids is 1. The zero-order chi connectivity index (χ0) is 22.5. The third kappa shape index (κ3) is 3.87. The van der Waals surface area contributed by atoms with Crippen LogP contribution in [-0.4, -0.2) is 36.2 Å². The fourth-order valence-electron chi connectivity index (χ4n) is 3.33. The van der Waals surface area contributed by atoms with E-state index in [1.54, 1.807) is 0 Å². The normalized spacial score (nSPS) is 14.4. The molecule has 0 unspecified atom stereocenters. The molecule has 1 amide bonds. The average Bonchev–Trinajstić information content (AvgIpc) is 3.38. The highest BCUT2D eigenvalue weighted by Gasteiger charge is 2.33. The van der Waals surface area contributed by atoms with E-state index in [0.29, 0.717) is 5.56 Å². The Bertz CT molecular complexity index is 1210. The zero-order valence-corrected chi connectivity index (χ0v) is 16.8. The molecule has 0 aliphatic heterocycles. The third-order valence-corrected chi connectivity index (χ3v) is 4.94. The highest BCUT2D eigenvalue weighted by atomic mass is 19.4. The van der Waals surface area contributed by atoms with Crippen molar-refractivity contribution in [2.75, 3.05) is 0 Å². The Morgan fingerprint density at radius 1 is 1.29 bits per heavy atom. The van der Waals surface area contributed by atoms with Crippen molar-refractivity contribution in [1.29, 1.82) is 0 Å². The molecule has 1 fully saturated rings. The maximum atomic E-state index is 13.0. The molecule has 164 valence electrons. The van der Waals surface area contributed by atoms with Crippen LogP contribution < -0.4 is 10.9 Å². The van der Waals surface area contributed by atoms with Gasteiger partial charge in [-0.05, 0) is 24.8 Å². The molecule has 0 spiro atoms. The number of halogens is 3. The highest BCUT2D eigenvalue weighted by Crippen LogP contribution is 2.31. The first-order valence-corrected chi connectivity index (χ1v) is 9.76. The number of carbonyl (C=O) groups is 1. The summed E-state index contributed by atoms with van der Waals surface area (Å²) in [5.41, 5.74) is -1.51. The van der Waals surface area contributed by atoms with Crippen molar-refractivity contribution in [3.05, 3.63) is 46.1 Å². The molecule has 1 aliphatic rings. The summed E-state index contributed by atoms with van der Waals surface area (Å²) in [6, 6.07) is 2.04. The van der Waals surface area contributed by atoms with Crippen LogP contribution in [0.4, 0.5) is 13.2 Å². The minimum atomic E-state index is -4.58. The smallest absolute Gasteiger partial charge is 0.433 e. The van der Waals surface area contributed by atoms with Gasteiger partial charge in [-0.25, -0.2) is 0 Å². The van der Waals surface area contributed by atoms with Crippen molar-refractivity contribution < 1.29 is 23.1 Å². The van der Waals surface area contributed by atoms with E-state index >= 15 is 0 Å². The molecular weight excluding hydrogens is 415 g/mol. The number of alkyl halides is 3. The first-order chi connectivity index (χ1) is 14.6. The fraction of sp³-hybridized carbons (Fsp3) is 0.400. The second kappa shape index (κ2) is 7.40. The number of pyridine rings is 1. The summed E-state index contributed by atoms with van der Waals surface area (Å²) in [5.74, 6) is -1.17. The number of amides is 1. The number of hydrogen-bond donors (Lipinski definition) is 2. The Balaban J connectivity index is 1.91. The van der Waals surface area contributed by atoms with Crippen LogP contribution in [0.3, 0.4) is 0 Å². The Morgan fingerprint density at radius 3 is 2.55 bits per heavy atom. The molecule has 0 radical (unpaired) electrons. The molecule has 0 atom stereocenters.